The van der Waals surface area contributed by atoms with E-state index in [1.54, 1.807) is 36.2 Å². The Labute approximate surface area is 106 Å². The van der Waals surface area contributed by atoms with Gasteiger partial charge in [-0.3, -0.25) is 4.79 Å². The van der Waals surface area contributed by atoms with E-state index < -0.39 is 5.60 Å². The molecule has 1 aromatic rings. The third kappa shape index (κ3) is 1.37. The van der Waals surface area contributed by atoms with E-state index in [4.69, 9.17) is 6.57 Å². The number of carbonyl (C=O) groups excluding carboxylic acids is 1. The highest BCUT2D eigenvalue weighted by molar-refractivity contribution is 5.99. The summed E-state index contributed by atoms with van der Waals surface area (Å²) in [6, 6.07) is 6.99. The smallest absolute Gasteiger partial charge is 0.233 e. The molecule has 4 rings (SSSR count). The average Bonchev–Trinajstić information content (AvgIpc) is 2.32. The number of benzene rings is 1. The summed E-state index contributed by atoms with van der Waals surface area (Å²) < 4.78 is 0. The van der Waals surface area contributed by atoms with E-state index in [2.05, 4.69) is 4.85 Å². The molecule has 0 unspecified atom stereocenters. The van der Waals surface area contributed by atoms with Crippen LogP contribution in [0.2, 0.25) is 0 Å². The molecule has 2 bridgehead atoms. The van der Waals surface area contributed by atoms with Crippen LogP contribution in [0.4, 0.5) is 11.4 Å². The molecule has 1 amide bonds. The second-order valence-corrected chi connectivity index (χ2v) is 5.53. The first kappa shape index (κ1) is 11.2. The average molecular weight is 242 g/mol. The van der Waals surface area contributed by atoms with Crippen LogP contribution in [0, 0.1) is 12.0 Å². The fraction of sp³-hybridized carbons (Fsp3) is 0.429. The zero-order valence-electron chi connectivity index (χ0n) is 10.2. The third-order valence-electron chi connectivity index (χ3n) is 4.13. The van der Waals surface area contributed by atoms with Crippen molar-refractivity contribution in [3.8, 4) is 0 Å². The van der Waals surface area contributed by atoms with Crippen LogP contribution in [0.25, 0.3) is 4.85 Å². The van der Waals surface area contributed by atoms with Gasteiger partial charge in [-0.1, -0.05) is 12.1 Å². The summed E-state index contributed by atoms with van der Waals surface area (Å²) in [6.45, 7) is 6.89. The summed E-state index contributed by atoms with van der Waals surface area (Å²) in [5.41, 5.74) is 0.496. The summed E-state index contributed by atoms with van der Waals surface area (Å²) in [6.07, 6.45) is 1.80. The second kappa shape index (κ2) is 3.33. The lowest BCUT2D eigenvalue weighted by Crippen LogP contribution is -2.72. The van der Waals surface area contributed by atoms with Gasteiger partial charge >= 0.3 is 0 Å². The van der Waals surface area contributed by atoms with Crippen molar-refractivity contribution in [1.29, 1.82) is 0 Å². The van der Waals surface area contributed by atoms with E-state index in [-0.39, 0.29) is 11.3 Å². The number of rotatable bonds is 2. The molecule has 0 saturated heterocycles. The summed E-state index contributed by atoms with van der Waals surface area (Å²) in [7, 11) is 1.75. The monoisotopic (exact) mass is 242 g/mol. The molecule has 4 heteroatoms. The lowest BCUT2D eigenvalue weighted by atomic mass is 9.41. The molecular formula is C14H14N2O2. The number of amides is 1. The lowest BCUT2D eigenvalue weighted by Gasteiger charge is -2.66. The van der Waals surface area contributed by atoms with Crippen LogP contribution in [-0.4, -0.2) is 23.7 Å². The fourth-order valence-electron chi connectivity index (χ4n) is 3.18. The molecule has 3 fully saturated rings. The maximum Gasteiger partial charge on any atom is 0.233 e. The maximum absolute atomic E-state index is 12.3. The number of hydrogen-bond acceptors (Lipinski definition) is 2. The third-order valence-corrected chi connectivity index (χ3v) is 4.13. The predicted molar refractivity (Wildman–Crippen MR) is 67.3 cm³/mol. The Hall–Kier alpha value is -1.86. The molecule has 0 aromatic heterocycles. The van der Waals surface area contributed by atoms with Crippen LogP contribution in [0.1, 0.15) is 19.3 Å². The lowest BCUT2D eigenvalue weighted by molar-refractivity contribution is -0.248. The van der Waals surface area contributed by atoms with Crippen molar-refractivity contribution < 1.29 is 9.90 Å². The molecule has 1 N–H and O–H groups in total. The van der Waals surface area contributed by atoms with Gasteiger partial charge in [-0.05, 0) is 31.4 Å². The van der Waals surface area contributed by atoms with E-state index in [0.29, 0.717) is 24.9 Å². The molecule has 3 aliphatic rings. The first-order valence-corrected chi connectivity index (χ1v) is 5.96. The first-order valence-electron chi connectivity index (χ1n) is 5.96. The summed E-state index contributed by atoms with van der Waals surface area (Å²) >= 11 is 0. The number of aliphatic hydroxyl groups is 1. The highest BCUT2D eigenvalue weighted by Crippen LogP contribution is 2.67. The van der Waals surface area contributed by atoms with Crippen LogP contribution in [0.5, 0.6) is 0 Å². The van der Waals surface area contributed by atoms with E-state index in [0.717, 1.165) is 5.69 Å². The minimum atomic E-state index is -0.551. The van der Waals surface area contributed by atoms with E-state index in [1.807, 2.05) is 0 Å². The van der Waals surface area contributed by atoms with Crippen molar-refractivity contribution in [1.82, 2.24) is 0 Å². The number of anilines is 1. The molecule has 1 aromatic carbocycles. The molecular weight excluding hydrogens is 228 g/mol. The van der Waals surface area contributed by atoms with Crippen LogP contribution in [0.3, 0.4) is 0 Å². The van der Waals surface area contributed by atoms with Crippen molar-refractivity contribution in [2.24, 2.45) is 5.41 Å². The van der Waals surface area contributed by atoms with E-state index in [1.165, 1.54) is 0 Å². The van der Waals surface area contributed by atoms with Gasteiger partial charge in [0.05, 0.1) is 17.6 Å². The Morgan fingerprint density at radius 2 is 1.89 bits per heavy atom. The number of carbonyl (C=O) groups is 1. The second-order valence-electron chi connectivity index (χ2n) is 5.53. The Balaban J connectivity index is 1.76. The quantitative estimate of drug-likeness (QED) is 0.807. The molecule has 4 nitrogen and oxygen atoms in total. The van der Waals surface area contributed by atoms with Gasteiger partial charge in [0.25, 0.3) is 0 Å². The van der Waals surface area contributed by atoms with Gasteiger partial charge in [-0.15, -0.1) is 0 Å². The van der Waals surface area contributed by atoms with Crippen molar-refractivity contribution in [2.75, 3.05) is 11.9 Å². The number of nitrogens with zero attached hydrogens (tertiary/aromatic N) is 2. The van der Waals surface area contributed by atoms with Crippen LogP contribution in [0.15, 0.2) is 24.3 Å². The summed E-state index contributed by atoms with van der Waals surface area (Å²) in [5, 5.41) is 9.71. The van der Waals surface area contributed by atoms with Crippen LogP contribution < -0.4 is 4.90 Å². The highest BCUT2D eigenvalue weighted by Gasteiger charge is 2.71. The van der Waals surface area contributed by atoms with Gasteiger partial charge in [0, 0.05) is 12.7 Å². The molecule has 92 valence electrons. The molecule has 0 spiro atoms. The van der Waals surface area contributed by atoms with Crippen molar-refractivity contribution >= 4 is 17.3 Å². The summed E-state index contributed by atoms with van der Waals surface area (Å²) in [5.74, 6) is 0.0778. The Morgan fingerprint density at radius 3 is 2.33 bits per heavy atom. The van der Waals surface area contributed by atoms with Gasteiger partial charge in [0.15, 0.2) is 5.69 Å². The van der Waals surface area contributed by atoms with Gasteiger partial charge in [-0.2, -0.15) is 0 Å². The minimum absolute atomic E-state index is 0.0778. The molecule has 3 aliphatic carbocycles. The zero-order valence-corrected chi connectivity index (χ0v) is 10.2. The predicted octanol–water partition coefficient (Wildman–Crippen LogP) is 2.12. The highest BCUT2D eigenvalue weighted by atomic mass is 16.3. The minimum Gasteiger partial charge on any atom is -0.390 e. The van der Waals surface area contributed by atoms with E-state index >= 15 is 0 Å². The normalized spacial score (nSPS) is 31.8. The van der Waals surface area contributed by atoms with Crippen LogP contribution >= 0.6 is 0 Å². The summed E-state index contributed by atoms with van der Waals surface area (Å²) in [4.78, 5) is 17.3. The SMILES string of the molecule is [C-]#[N+]c1ccc(N(C)C(=O)C23CC(O)(C2)C3)cc1. The molecule has 0 radical (unpaired) electrons. The zero-order chi connectivity index (χ0) is 13.0. The van der Waals surface area contributed by atoms with E-state index in [9.17, 15) is 9.90 Å². The maximum atomic E-state index is 12.3. The largest absolute Gasteiger partial charge is 0.390 e. The molecule has 18 heavy (non-hydrogen) atoms. The van der Waals surface area contributed by atoms with Crippen molar-refractivity contribution in [3.05, 3.63) is 35.7 Å². The first-order chi connectivity index (χ1) is 8.48. The van der Waals surface area contributed by atoms with Crippen molar-refractivity contribution in [2.45, 2.75) is 24.9 Å². The molecule has 0 atom stereocenters. The van der Waals surface area contributed by atoms with Gasteiger partial charge in [0.1, 0.15) is 0 Å². The van der Waals surface area contributed by atoms with Gasteiger partial charge in [0.2, 0.25) is 5.91 Å². The van der Waals surface area contributed by atoms with Gasteiger partial charge < -0.3 is 10.0 Å². The molecule has 3 saturated carbocycles. The van der Waals surface area contributed by atoms with Crippen LogP contribution in [-0.2, 0) is 4.79 Å². The standard InChI is InChI=1S/C14H14N2O2/c1-15-10-3-5-11(6-4-10)16(2)12(17)13-7-14(18,8-13)9-13/h3-6,18H,7-9H2,2H3. The van der Waals surface area contributed by atoms with Crippen molar-refractivity contribution in [3.63, 3.8) is 0 Å². The fourth-order valence-corrected chi connectivity index (χ4v) is 3.18. The van der Waals surface area contributed by atoms with Gasteiger partial charge in [-0.25, -0.2) is 4.85 Å². The number of hydrogen-bond donors (Lipinski definition) is 1. The Kier molecular flexibility index (Phi) is 2.08. The topological polar surface area (TPSA) is 44.9 Å². The Bertz CT molecular complexity index is 536. The molecule has 0 aliphatic heterocycles. The molecule has 0 heterocycles. The Morgan fingerprint density at radius 1 is 1.33 bits per heavy atom.